The summed E-state index contributed by atoms with van der Waals surface area (Å²) in [7, 11) is 0. The fraction of sp³-hybridized carbons (Fsp3) is 0.892. The molecule has 42 nitrogen and oxygen atoms in total. The largest absolute Gasteiger partial charge is 0.477 e. The van der Waals surface area contributed by atoms with E-state index < -0.39 is 308 Å². The number of carbonyl (C=O) groups is 6. The van der Waals surface area contributed by atoms with Gasteiger partial charge in [0, 0.05) is 45.4 Å². The van der Waals surface area contributed by atoms with Crippen molar-refractivity contribution in [1.82, 2.24) is 16.0 Å². The number of hydrogen-bond donors (Lipinski definition) is 24. The third kappa shape index (κ3) is 36.9. The third-order valence-corrected chi connectivity index (χ3v) is 26.0. The van der Waals surface area contributed by atoms with Crippen molar-refractivity contribution in [2.24, 2.45) is 5.92 Å². The predicted molar refractivity (Wildman–Crippen MR) is 478 cm³/mol. The molecule has 784 valence electrons. The lowest BCUT2D eigenvalue weighted by atomic mass is 9.86. The number of nitrogens with one attached hydrogen (secondary N) is 3. The summed E-state index contributed by atoms with van der Waals surface area (Å²) in [5, 5.41) is 246. The van der Waals surface area contributed by atoms with Gasteiger partial charge in [-0.2, -0.15) is 0 Å². The molecule has 135 heavy (non-hydrogen) atoms. The van der Waals surface area contributed by atoms with Crippen LogP contribution in [0.1, 0.15) is 272 Å². The Morgan fingerprint density at radius 2 is 0.770 bits per heavy atom. The van der Waals surface area contributed by atoms with Crippen molar-refractivity contribution in [2.75, 3.05) is 46.2 Å². The van der Waals surface area contributed by atoms with Crippen LogP contribution in [0.5, 0.6) is 0 Å². The number of allylic oxidation sites excluding steroid dienone is 3. The van der Waals surface area contributed by atoms with Crippen LogP contribution >= 0.6 is 0 Å². The zero-order valence-electron chi connectivity index (χ0n) is 79.1. The normalized spacial score (nSPS) is 33.8. The minimum atomic E-state index is -3.49. The van der Waals surface area contributed by atoms with Gasteiger partial charge in [-0.15, -0.1) is 0 Å². The summed E-state index contributed by atoms with van der Waals surface area (Å²) < 4.78 is 72.9. The molecule has 34 atom stereocenters. The second-order valence-electron chi connectivity index (χ2n) is 37.1. The molecule has 0 radical (unpaired) electrons. The third-order valence-electron chi connectivity index (χ3n) is 26.0. The number of aliphatic carboxylic acids is 2. The molecule has 0 aliphatic carbocycles. The summed E-state index contributed by atoms with van der Waals surface area (Å²) in [6.07, 6.45) is -20.2. The Morgan fingerprint density at radius 3 is 1.19 bits per heavy atom. The average Bonchev–Trinajstić information content (AvgIpc) is 0.748. The van der Waals surface area contributed by atoms with Crippen molar-refractivity contribution >= 4 is 35.4 Å². The summed E-state index contributed by atoms with van der Waals surface area (Å²) in [5.74, 6) is -16.1. The summed E-state index contributed by atoms with van der Waals surface area (Å²) in [4.78, 5) is 79.9. The monoisotopic (exact) mass is 1950 g/mol. The van der Waals surface area contributed by atoms with Crippen molar-refractivity contribution in [2.45, 2.75) is 474 Å². The highest BCUT2D eigenvalue weighted by Crippen LogP contribution is 2.45. The molecular weight excluding hydrogens is 1780 g/mol. The number of carboxylic acids is 2. The van der Waals surface area contributed by atoms with Crippen molar-refractivity contribution in [3.63, 3.8) is 0 Å². The number of unbranched alkanes of at least 4 members (excludes halogenated alkanes) is 30. The molecule has 6 fully saturated rings. The van der Waals surface area contributed by atoms with Crippen LogP contribution in [0.15, 0.2) is 24.3 Å². The molecule has 0 aromatic heterocycles. The van der Waals surface area contributed by atoms with E-state index in [0.29, 0.717) is 12.8 Å². The SMILES string of the molecule is CCCCCCCCC=CCCCCCCCCCCCCCCCC(=O)N[C@@H](CO[C@@H]1O[C@H](CO)[C@@H](O[C@@H]2O[C@H](CO)[C@H](O[C@@H]3O[C@H](CO)[C@H](O)[C@H](O[C@@H]4O[C@H](CO)[C@H](O)[C@H](O[C@]5(C(=O)O)C[C@H](O)[C@@H](NC(C)=O)C([C@H](O)[C@H](O)CO)O5)[C@H]4O)[C@H]3CC(C)=O)[C@H](O[C@]3(C(=O)O)C[C@H](O)[C@@H](NC(C)=O)C([C@H](O)[C@H](O)CO)O3)[C@H]2O)[C@H](O)[C@H]1O)[C@H](O)C=CCCCCCCCCCCCCC. The van der Waals surface area contributed by atoms with E-state index in [9.17, 15) is 136 Å². The van der Waals surface area contributed by atoms with Crippen LogP contribution in [0, 0.1) is 5.92 Å². The molecule has 6 saturated heterocycles. The number of ether oxygens (including phenoxy) is 12. The highest BCUT2D eigenvalue weighted by Gasteiger charge is 2.64. The van der Waals surface area contributed by atoms with Gasteiger partial charge in [0.15, 0.2) is 25.2 Å². The molecule has 3 amide bonds. The Balaban J connectivity index is 1.24. The molecule has 6 heterocycles. The molecule has 6 aliphatic heterocycles. The van der Waals surface area contributed by atoms with Gasteiger partial charge in [-0.3, -0.25) is 14.4 Å². The summed E-state index contributed by atoms with van der Waals surface area (Å²) in [6.45, 7) is -0.600. The minimum absolute atomic E-state index is 0.0952. The smallest absolute Gasteiger partial charge is 0.364 e. The number of amides is 3. The maximum absolute atomic E-state index is 14.1. The van der Waals surface area contributed by atoms with Crippen LogP contribution in [0.25, 0.3) is 0 Å². The van der Waals surface area contributed by atoms with E-state index in [0.717, 1.165) is 91.4 Å². The Bertz CT molecular complexity index is 3400. The molecule has 0 aromatic carbocycles. The topological polar surface area (TPSA) is 674 Å². The highest BCUT2D eigenvalue weighted by atomic mass is 16.8. The summed E-state index contributed by atoms with van der Waals surface area (Å²) >= 11 is 0. The van der Waals surface area contributed by atoms with Crippen LogP contribution < -0.4 is 16.0 Å². The molecule has 0 spiro atoms. The Kier molecular flexibility index (Phi) is 55.2. The number of carbonyl (C=O) groups excluding carboxylic acids is 4. The maximum Gasteiger partial charge on any atom is 0.364 e. The van der Waals surface area contributed by atoms with Crippen molar-refractivity contribution in [3.05, 3.63) is 24.3 Å². The standard InChI is InChI=1S/C93H163N3O39/c1-6-8-10-12-14-16-18-20-21-22-23-24-25-26-27-28-29-31-33-35-37-39-41-43-68(111)96-58(59(106)42-40-38-36-34-32-30-19-17-15-13-11-9-7-2)53-124-87-76(117)75(116)80(66(51-101)127-87)130-89-78(119)85(135-93(91(122)123)46-61(108)70(95-56(5)105)83(133-93)72(113)63(110)48-98)81(67(52-102)128-89)131-86-57(44-54(3)103)79(73(114)64(49-99)125-86)129-88-77(118)84(74(115)65(50-100)126-88)134-92(90(120)121)45-60(107)69(94-55(4)104)82(132-92)71(112)62(109)47-97/h20-21,40,42,57-67,69-89,97-102,106-110,112-119H,6-19,22-39,41,43-53H2,1-5H3,(H,94,104)(H,95,105)(H,96,111)(H,120,121)(H,122,123)/t57-,58+,59-,60+,61+,62-,63-,64-,65-,66-,67-,69-,70-,71-,72-,73+,74+,75-,76-,77-,78-,79-,80-,81+,82?,83?,84+,85-,86+,87-,88+,89+,92+,93+/m1/s1. The van der Waals surface area contributed by atoms with Crippen LogP contribution in [0.3, 0.4) is 0 Å². The van der Waals surface area contributed by atoms with Gasteiger partial charge in [-0.25, -0.2) is 9.59 Å². The van der Waals surface area contributed by atoms with E-state index in [1.54, 1.807) is 6.08 Å². The number of hydrogen-bond acceptors (Lipinski definition) is 37. The zero-order chi connectivity index (χ0) is 99.5. The first kappa shape index (κ1) is 119. The number of carboxylic acid groups (broad SMARTS) is 2. The maximum atomic E-state index is 14.1. The number of Topliss-reactive ketones (excluding diaryl/α,β-unsaturated/α-hetero) is 1. The highest BCUT2D eigenvalue weighted by molar-refractivity contribution is 5.78. The van der Waals surface area contributed by atoms with Crippen LogP contribution in [-0.2, 0) is 85.6 Å². The Morgan fingerprint density at radius 1 is 0.407 bits per heavy atom. The fourth-order valence-corrected chi connectivity index (χ4v) is 18.3. The summed E-state index contributed by atoms with van der Waals surface area (Å²) in [5.41, 5.74) is 0. The van der Waals surface area contributed by atoms with E-state index in [-0.39, 0.29) is 6.42 Å². The fourth-order valence-electron chi connectivity index (χ4n) is 18.3. The molecule has 6 aliphatic rings. The molecule has 24 N–H and O–H groups in total. The van der Waals surface area contributed by atoms with Gasteiger partial charge in [-0.1, -0.05) is 205 Å². The first-order chi connectivity index (χ1) is 64.6. The Labute approximate surface area is 791 Å². The van der Waals surface area contributed by atoms with E-state index in [1.165, 1.54) is 134 Å². The van der Waals surface area contributed by atoms with Gasteiger partial charge < -0.3 is 185 Å². The van der Waals surface area contributed by atoms with E-state index in [2.05, 4.69) is 41.9 Å². The molecule has 6 rings (SSSR count). The van der Waals surface area contributed by atoms with Gasteiger partial charge in [-0.05, 0) is 51.9 Å². The van der Waals surface area contributed by atoms with Gasteiger partial charge in [0.2, 0.25) is 17.7 Å². The predicted octanol–water partition coefficient (Wildman–Crippen LogP) is 0.119. The quantitative estimate of drug-likeness (QED) is 0.0284. The lowest BCUT2D eigenvalue weighted by molar-refractivity contribution is -0.408. The van der Waals surface area contributed by atoms with Gasteiger partial charge in [0.05, 0.1) is 88.8 Å². The molecule has 2 unspecified atom stereocenters. The zero-order valence-corrected chi connectivity index (χ0v) is 79.1. The van der Waals surface area contributed by atoms with Crippen molar-refractivity contribution in [1.29, 1.82) is 0 Å². The second kappa shape index (κ2) is 62.6. The summed E-state index contributed by atoms with van der Waals surface area (Å²) in [6, 6.07) is -4.78. The lowest BCUT2D eigenvalue weighted by Gasteiger charge is -2.53. The average molecular weight is 1950 g/mol. The van der Waals surface area contributed by atoms with Crippen molar-refractivity contribution < 1.29 is 193 Å². The van der Waals surface area contributed by atoms with E-state index >= 15 is 0 Å². The van der Waals surface area contributed by atoms with Gasteiger partial charge >= 0.3 is 11.9 Å². The lowest BCUT2D eigenvalue weighted by Crippen LogP contribution is -2.71. The van der Waals surface area contributed by atoms with E-state index in [4.69, 9.17) is 56.8 Å². The number of rotatable bonds is 67. The van der Waals surface area contributed by atoms with E-state index in [1.807, 2.05) is 0 Å². The number of aliphatic hydroxyl groups is 19. The first-order valence-electron chi connectivity index (χ1n) is 49.1. The Hall–Kier alpha value is -4.74. The van der Waals surface area contributed by atoms with Crippen molar-refractivity contribution in [3.8, 4) is 0 Å². The van der Waals surface area contributed by atoms with Gasteiger partial charge in [0.25, 0.3) is 11.6 Å². The second-order valence-corrected chi connectivity index (χ2v) is 37.1. The first-order valence-corrected chi connectivity index (χ1v) is 49.1. The minimum Gasteiger partial charge on any atom is -0.477 e. The molecule has 42 heteroatoms. The molecule has 0 aromatic rings. The van der Waals surface area contributed by atoms with Crippen LogP contribution in [0.4, 0.5) is 0 Å². The van der Waals surface area contributed by atoms with Crippen LogP contribution in [-0.4, -0.2) is 390 Å². The number of ketones is 1. The molecule has 0 saturated carbocycles. The molecular formula is C93H163N3O39. The number of aliphatic hydroxyl groups excluding tert-OH is 19. The van der Waals surface area contributed by atoms with Crippen LogP contribution in [0.2, 0.25) is 0 Å². The molecule has 0 bridgehead atoms. The van der Waals surface area contributed by atoms with Gasteiger partial charge in [0.1, 0.15) is 128 Å².